The van der Waals surface area contributed by atoms with Crippen LogP contribution in [0.25, 0.3) is 11.1 Å². The van der Waals surface area contributed by atoms with E-state index >= 15 is 0 Å². The Balaban J connectivity index is 1.75. The highest BCUT2D eigenvalue weighted by Crippen LogP contribution is 2.25. The zero-order valence-electron chi connectivity index (χ0n) is 16.5. The number of rotatable bonds is 8. The van der Waals surface area contributed by atoms with Crippen LogP contribution in [0.2, 0.25) is 0 Å². The zero-order chi connectivity index (χ0) is 20.6. The molecule has 3 aromatic rings. The van der Waals surface area contributed by atoms with E-state index in [-0.39, 0.29) is 23.9 Å². The van der Waals surface area contributed by atoms with E-state index in [1.807, 2.05) is 31.2 Å². The maximum Gasteiger partial charge on any atom is 0.238 e. The molecule has 2 N–H and O–H groups in total. The van der Waals surface area contributed by atoms with Crippen molar-refractivity contribution in [3.05, 3.63) is 72.1 Å². The summed E-state index contributed by atoms with van der Waals surface area (Å²) in [6, 6.07) is 11.6. The van der Waals surface area contributed by atoms with Gasteiger partial charge in [-0.15, -0.1) is 0 Å². The summed E-state index contributed by atoms with van der Waals surface area (Å²) in [7, 11) is 0. The zero-order valence-corrected chi connectivity index (χ0v) is 16.5. The Morgan fingerprint density at radius 1 is 1.07 bits per heavy atom. The van der Waals surface area contributed by atoms with E-state index in [4.69, 9.17) is 0 Å². The molecule has 0 aliphatic rings. The second kappa shape index (κ2) is 9.66. The number of pyridine rings is 1. The summed E-state index contributed by atoms with van der Waals surface area (Å²) in [5, 5.41) is 5.85. The number of anilines is 1. The third-order valence-electron chi connectivity index (χ3n) is 4.33. The predicted molar refractivity (Wildman–Crippen MR) is 111 cm³/mol. The Morgan fingerprint density at radius 3 is 2.66 bits per heavy atom. The number of aryl methyl sites for hydroxylation is 1. The molecule has 0 aliphatic heterocycles. The van der Waals surface area contributed by atoms with Crippen LogP contribution in [0, 0.1) is 6.92 Å². The van der Waals surface area contributed by atoms with Crippen LogP contribution in [0.4, 0.5) is 5.69 Å². The van der Waals surface area contributed by atoms with E-state index in [9.17, 15) is 9.59 Å². The Morgan fingerprint density at radius 2 is 1.93 bits per heavy atom. The molecule has 7 heteroatoms. The SMILES string of the molecule is CCC(=O)c1ncc(-c2cccc(C)c2)cc1NC(=O)CNCc1ccncn1. The molecule has 0 saturated heterocycles. The van der Waals surface area contributed by atoms with Gasteiger partial charge in [-0.05, 0) is 24.6 Å². The van der Waals surface area contributed by atoms with E-state index in [0.29, 0.717) is 18.7 Å². The van der Waals surface area contributed by atoms with Crippen LogP contribution in [0.15, 0.2) is 55.1 Å². The molecule has 1 amide bonds. The lowest BCUT2D eigenvalue weighted by Gasteiger charge is -2.12. The number of Topliss-reactive ketones (excluding diaryl/α,β-unsaturated/α-hetero) is 1. The summed E-state index contributed by atoms with van der Waals surface area (Å²) in [4.78, 5) is 37.0. The molecule has 0 spiro atoms. The molecule has 0 atom stereocenters. The molecule has 0 unspecified atom stereocenters. The molecule has 0 aliphatic carbocycles. The summed E-state index contributed by atoms with van der Waals surface area (Å²) >= 11 is 0. The van der Waals surface area contributed by atoms with Crippen molar-refractivity contribution in [2.45, 2.75) is 26.8 Å². The van der Waals surface area contributed by atoms with Crippen molar-refractivity contribution in [3.63, 3.8) is 0 Å². The van der Waals surface area contributed by atoms with Crippen molar-refractivity contribution in [2.75, 3.05) is 11.9 Å². The van der Waals surface area contributed by atoms with Gasteiger partial charge in [0.1, 0.15) is 12.0 Å². The van der Waals surface area contributed by atoms with Gasteiger partial charge in [-0.1, -0.05) is 36.8 Å². The summed E-state index contributed by atoms with van der Waals surface area (Å²) in [6.07, 6.45) is 5.09. The van der Waals surface area contributed by atoms with Crippen molar-refractivity contribution >= 4 is 17.4 Å². The van der Waals surface area contributed by atoms with Crippen LogP contribution in [0.3, 0.4) is 0 Å². The van der Waals surface area contributed by atoms with E-state index in [1.165, 1.54) is 6.33 Å². The lowest BCUT2D eigenvalue weighted by molar-refractivity contribution is -0.115. The summed E-state index contributed by atoms with van der Waals surface area (Å²) in [5.74, 6) is -0.377. The number of ketones is 1. The lowest BCUT2D eigenvalue weighted by Crippen LogP contribution is -2.28. The highest BCUT2D eigenvalue weighted by molar-refractivity contribution is 6.04. The van der Waals surface area contributed by atoms with Gasteiger partial charge in [-0.25, -0.2) is 9.97 Å². The number of amides is 1. The van der Waals surface area contributed by atoms with Gasteiger partial charge in [-0.2, -0.15) is 0 Å². The van der Waals surface area contributed by atoms with Gasteiger partial charge in [0.25, 0.3) is 0 Å². The van der Waals surface area contributed by atoms with E-state index < -0.39 is 0 Å². The number of hydrogen-bond acceptors (Lipinski definition) is 6. The first-order chi connectivity index (χ1) is 14.1. The summed E-state index contributed by atoms with van der Waals surface area (Å²) in [6.45, 7) is 4.31. The van der Waals surface area contributed by atoms with Crippen LogP contribution in [0.5, 0.6) is 0 Å². The Hall–Kier alpha value is -3.45. The number of carbonyl (C=O) groups is 2. The van der Waals surface area contributed by atoms with Crippen molar-refractivity contribution < 1.29 is 9.59 Å². The standard InChI is InChI=1S/C22H23N5O2/c1-3-20(28)22-19(10-17(11-25-22)16-6-4-5-15(2)9-16)27-21(29)13-24-12-18-7-8-23-14-26-18/h4-11,14,24H,3,12-13H2,1-2H3,(H,27,29). The van der Waals surface area contributed by atoms with Gasteiger partial charge in [0.05, 0.1) is 17.9 Å². The van der Waals surface area contributed by atoms with E-state index in [0.717, 1.165) is 22.4 Å². The van der Waals surface area contributed by atoms with Gasteiger partial charge < -0.3 is 10.6 Å². The highest BCUT2D eigenvalue weighted by Gasteiger charge is 2.15. The van der Waals surface area contributed by atoms with Crippen molar-refractivity contribution in [1.82, 2.24) is 20.3 Å². The summed E-state index contributed by atoms with van der Waals surface area (Å²) < 4.78 is 0. The lowest BCUT2D eigenvalue weighted by atomic mass is 10.0. The molecule has 3 rings (SSSR count). The van der Waals surface area contributed by atoms with E-state index in [1.54, 1.807) is 31.5 Å². The maximum atomic E-state index is 12.4. The van der Waals surface area contributed by atoms with Crippen molar-refractivity contribution in [3.8, 4) is 11.1 Å². The molecular weight excluding hydrogens is 366 g/mol. The number of nitrogens with zero attached hydrogens (tertiary/aromatic N) is 3. The fourth-order valence-electron chi connectivity index (χ4n) is 2.85. The molecule has 29 heavy (non-hydrogen) atoms. The molecule has 2 aromatic heterocycles. The van der Waals surface area contributed by atoms with Crippen LogP contribution >= 0.6 is 0 Å². The molecular formula is C22H23N5O2. The van der Waals surface area contributed by atoms with Crippen LogP contribution in [-0.2, 0) is 11.3 Å². The molecule has 0 fully saturated rings. The minimum absolute atomic E-state index is 0.0818. The monoisotopic (exact) mass is 389 g/mol. The average molecular weight is 389 g/mol. The van der Waals surface area contributed by atoms with Gasteiger partial charge in [0, 0.05) is 30.9 Å². The molecule has 2 heterocycles. The topological polar surface area (TPSA) is 96.9 Å². The largest absolute Gasteiger partial charge is 0.323 e. The fraction of sp³-hybridized carbons (Fsp3) is 0.227. The van der Waals surface area contributed by atoms with Crippen LogP contribution < -0.4 is 10.6 Å². The first-order valence-electron chi connectivity index (χ1n) is 9.42. The van der Waals surface area contributed by atoms with Crippen LogP contribution in [0.1, 0.15) is 35.1 Å². The molecule has 0 saturated carbocycles. The number of aromatic nitrogens is 3. The van der Waals surface area contributed by atoms with Gasteiger partial charge in [-0.3, -0.25) is 14.6 Å². The third-order valence-corrected chi connectivity index (χ3v) is 4.33. The maximum absolute atomic E-state index is 12.4. The Labute approximate surface area is 169 Å². The smallest absolute Gasteiger partial charge is 0.238 e. The number of carbonyl (C=O) groups excluding carboxylic acids is 2. The molecule has 0 radical (unpaired) electrons. The van der Waals surface area contributed by atoms with Gasteiger partial charge in [0.2, 0.25) is 5.91 Å². The molecule has 0 bridgehead atoms. The minimum atomic E-state index is -0.257. The minimum Gasteiger partial charge on any atom is -0.323 e. The number of benzene rings is 1. The predicted octanol–water partition coefficient (Wildman–Crippen LogP) is 3.17. The third kappa shape index (κ3) is 5.52. The van der Waals surface area contributed by atoms with Gasteiger partial charge in [0.15, 0.2) is 5.78 Å². The highest BCUT2D eigenvalue weighted by atomic mass is 16.2. The molecule has 7 nitrogen and oxygen atoms in total. The quantitative estimate of drug-likeness (QED) is 0.575. The van der Waals surface area contributed by atoms with Crippen LogP contribution in [-0.4, -0.2) is 33.2 Å². The Bertz CT molecular complexity index is 1010. The van der Waals surface area contributed by atoms with Gasteiger partial charge >= 0.3 is 0 Å². The first-order valence-corrected chi connectivity index (χ1v) is 9.42. The Kier molecular flexibility index (Phi) is 6.76. The molecule has 148 valence electrons. The van der Waals surface area contributed by atoms with Crippen molar-refractivity contribution in [1.29, 1.82) is 0 Å². The van der Waals surface area contributed by atoms with Crippen molar-refractivity contribution in [2.24, 2.45) is 0 Å². The number of hydrogen-bond donors (Lipinski definition) is 2. The molecule has 1 aromatic carbocycles. The average Bonchev–Trinajstić information content (AvgIpc) is 2.74. The normalized spacial score (nSPS) is 10.6. The summed E-state index contributed by atoms with van der Waals surface area (Å²) in [5.41, 5.74) is 4.42. The number of nitrogens with one attached hydrogen (secondary N) is 2. The van der Waals surface area contributed by atoms with E-state index in [2.05, 4.69) is 25.6 Å². The second-order valence-corrected chi connectivity index (χ2v) is 6.62. The second-order valence-electron chi connectivity index (χ2n) is 6.62. The first kappa shape index (κ1) is 20.3. The fourth-order valence-corrected chi connectivity index (χ4v) is 2.85.